The Bertz CT molecular complexity index is 476. The van der Waals surface area contributed by atoms with Gasteiger partial charge in [-0.1, -0.05) is 43.7 Å². The molecule has 1 fully saturated rings. The van der Waals surface area contributed by atoms with Crippen LogP contribution in [0, 0.1) is 0 Å². The molecule has 4 heteroatoms. The number of hydrogen-bond acceptors (Lipinski definition) is 3. The van der Waals surface area contributed by atoms with Gasteiger partial charge in [-0.2, -0.15) is 0 Å². The van der Waals surface area contributed by atoms with Crippen LogP contribution in [0.15, 0.2) is 30.3 Å². The van der Waals surface area contributed by atoms with Crippen molar-refractivity contribution in [2.45, 2.75) is 64.1 Å². The molecule has 0 radical (unpaired) electrons. The van der Waals surface area contributed by atoms with E-state index in [2.05, 4.69) is 17.1 Å². The van der Waals surface area contributed by atoms with Crippen molar-refractivity contribution in [2.75, 3.05) is 13.1 Å². The fourth-order valence-corrected chi connectivity index (χ4v) is 3.29. The Balaban J connectivity index is 1.87. The quantitative estimate of drug-likeness (QED) is 0.811. The largest absolute Gasteiger partial charge is 0.391 e. The smallest absolute Gasteiger partial charge is 0.237 e. The molecule has 0 saturated carbocycles. The summed E-state index contributed by atoms with van der Waals surface area (Å²) in [5.41, 5.74) is 1.09. The van der Waals surface area contributed by atoms with Gasteiger partial charge < -0.3 is 10.4 Å². The average Bonchev–Trinajstić information content (AvgIpc) is 2.56. The highest BCUT2D eigenvalue weighted by Crippen LogP contribution is 2.18. The minimum atomic E-state index is -0.565. The number of carbonyl (C=O) groups excluding carboxylic acids is 1. The van der Waals surface area contributed by atoms with Crippen LogP contribution >= 0.6 is 0 Å². The molecular formula is C19H30N2O2. The second kappa shape index (κ2) is 9.04. The van der Waals surface area contributed by atoms with Crippen molar-refractivity contribution in [3.05, 3.63) is 35.9 Å². The molecule has 0 spiro atoms. The maximum atomic E-state index is 12.6. The summed E-state index contributed by atoms with van der Waals surface area (Å²) in [5.74, 6) is 0.0674. The Kier molecular flexibility index (Phi) is 7.06. The van der Waals surface area contributed by atoms with Gasteiger partial charge in [0.25, 0.3) is 0 Å². The third-order valence-corrected chi connectivity index (χ3v) is 4.66. The van der Waals surface area contributed by atoms with Gasteiger partial charge in [-0.05, 0) is 44.8 Å². The Morgan fingerprint density at radius 3 is 2.78 bits per heavy atom. The van der Waals surface area contributed by atoms with Gasteiger partial charge in [0.05, 0.1) is 18.2 Å². The van der Waals surface area contributed by atoms with E-state index in [0.717, 1.165) is 37.9 Å². The van der Waals surface area contributed by atoms with Gasteiger partial charge in [-0.25, -0.2) is 0 Å². The molecule has 23 heavy (non-hydrogen) atoms. The fourth-order valence-electron chi connectivity index (χ4n) is 3.29. The number of aliphatic hydroxyl groups is 1. The molecule has 0 bridgehead atoms. The number of likely N-dealkylation sites (tertiary alicyclic amines) is 1. The maximum Gasteiger partial charge on any atom is 0.237 e. The lowest BCUT2D eigenvalue weighted by molar-refractivity contribution is -0.129. The van der Waals surface area contributed by atoms with Crippen LogP contribution in [0.4, 0.5) is 0 Å². The summed E-state index contributed by atoms with van der Waals surface area (Å²) < 4.78 is 0. The molecule has 128 valence electrons. The molecule has 1 aliphatic rings. The highest BCUT2D eigenvalue weighted by atomic mass is 16.3. The van der Waals surface area contributed by atoms with Gasteiger partial charge >= 0.3 is 0 Å². The Hall–Kier alpha value is -1.39. The number of aliphatic hydroxyl groups excluding tert-OH is 1. The van der Waals surface area contributed by atoms with Crippen molar-refractivity contribution in [1.29, 1.82) is 0 Å². The van der Waals surface area contributed by atoms with Crippen molar-refractivity contribution in [3.8, 4) is 0 Å². The van der Waals surface area contributed by atoms with Gasteiger partial charge in [-0.15, -0.1) is 0 Å². The number of carbonyl (C=O) groups is 1. The molecule has 3 atom stereocenters. The van der Waals surface area contributed by atoms with Crippen molar-refractivity contribution < 1.29 is 9.90 Å². The molecule has 1 heterocycles. The molecule has 1 aromatic rings. The topological polar surface area (TPSA) is 52.6 Å². The van der Waals surface area contributed by atoms with E-state index in [1.54, 1.807) is 0 Å². The van der Waals surface area contributed by atoms with Crippen molar-refractivity contribution >= 4 is 5.91 Å². The predicted molar refractivity (Wildman–Crippen MR) is 93.3 cm³/mol. The minimum absolute atomic E-state index is 0.0323. The summed E-state index contributed by atoms with van der Waals surface area (Å²) in [5, 5.41) is 13.4. The molecule has 1 aromatic carbocycles. The van der Waals surface area contributed by atoms with Crippen LogP contribution in [-0.4, -0.2) is 47.2 Å². The van der Waals surface area contributed by atoms with Crippen molar-refractivity contribution in [1.82, 2.24) is 10.2 Å². The molecule has 1 amide bonds. The van der Waals surface area contributed by atoms with Gasteiger partial charge in [0.1, 0.15) is 0 Å². The lowest BCUT2D eigenvalue weighted by Crippen LogP contribution is -2.53. The first-order chi connectivity index (χ1) is 11.1. The van der Waals surface area contributed by atoms with E-state index >= 15 is 0 Å². The third-order valence-electron chi connectivity index (χ3n) is 4.66. The lowest BCUT2D eigenvalue weighted by Gasteiger charge is -2.35. The van der Waals surface area contributed by atoms with Crippen LogP contribution in [0.2, 0.25) is 0 Å². The lowest BCUT2D eigenvalue weighted by atomic mass is 9.99. The van der Waals surface area contributed by atoms with E-state index in [9.17, 15) is 9.90 Å². The van der Waals surface area contributed by atoms with E-state index in [1.165, 1.54) is 6.42 Å². The minimum Gasteiger partial charge on any atom is -0.391 e. The summed E-state index contributed by atoms with van der Waals surface area (Å²) in [4.78, 5) is 14.9. The average molecular weight is 318 g/mol. The number of amides is 1. The number of piperidine rings is 1. The maximum absolute atomic E-state index is 12.6. The zero-order chi connectivity index (χ0) is 16.7. The van der Waals surface area contributed by atoms with Gasteiger partial charge in [0.2, 0.25) is 5.91 Å². The molecule has 4 nitrogen and oxygen atoms in total. The Labute approximate surface area is 139 Å². The van der Waals surface area contributed by atoms with Crippen LogP contribution in [0.3, 0.4) is 0 Å². The Morgan fingerprint density at radius 1 is 1.35 bits per heavy atom. The van der Waals surface area contributed by atoms with Crippen LogP contribution < -0.4 is 5.32 Å². The van der Waals surface area contributed by atoms with Crippen LogP contribution in [-0.2, 0) is 11.2 Å². The van der Waals surface area contributed by atoms with Gasteiger partial charge in [0, 0.05) is 6.42 Å². The molecule has 2 rings (SSSR count). The van der Waals surface area contributed by atoms with E-state index in [1.807, 2.05) is 37.3 Å². The highest BCUT2D eigenvalue weighted by molar-refractivity contribution is 5.82. The summed E-state index contributed by atoms with van der Waals surface area (Å²) in [6.45, 7) is 6.01. The van der Waals surface area contributed by atoms with E-state index < -0.39 is 6.10 Å². The molecule has 1 aliphatic heterocycles. The second-order valence-electron chi connectivity index (χ2n) is 6.60. The van der Waals surface area contributed by atoms with Gasteiger partial charge in [0.15, 0.2) is 0 Å². The van der Waals surface area contributed by atoms with Crippen LogP contribution in [0.5, 0.6) is 0 Å². The van der Waals surface area contributed by atoms with Gasteiger partial charge in [-0.3, -0.25) is 9.69 Å². The molecule has 2 N–H and O–H groups in total. The molecule has 0 aromatic heterocycles. The van der Waals surface area contributed by atoms with Crippen molar-refractivity contribution in [3.63, 3.8) is 0 Å². The predicted octanol–water partition coefficient (Wildman–Crippen LogP) is 2.36. The zero-order valence-corrected chi connectivity index (χ0v) is 14.4. The molecule has 3 unspecified atom stereocenters. The standard InChI is InChI=1S/C19H30N2O2/c1-3-12-21-13-8-7-11-17(21)19(23)20-15(2)18(22)14-16-9-5-4-6-10-16/h4-6,9-10,15,17-18,22H,3,7-8,11-14H2,1-2H3,(H,20,23). The molecule has 0 aliphatic carbocycles. The van der Waals surface area contributed by atoms with Crippen molar-refractivity contribution in [2.24, 2.45) is 0 Å². The van der Waals surface area contributed by atoms with Crippen LogP contribution in [0.25, 0.3) is 0 Å². The Morgan fingerprint density at radius 2 is 2.09 bits per heavy atom. The first-order valence-corrected chi connectivity index (χ1v) is 8.88. The second-order valence-corrected chi connectivity index (χ2v) is 6.60. The number of nitrogens with zero attached hydrogens (tertiary/aromatic N) is 1. The van der Waals surface area contributed by atoms with E-state index in [-0.39, 0.29) is 18.0 Å². The zero-order valence-electron chi connectivity index (χ0n) is 14.4. The first kappa shape index (κ1) is 18.0. The molecule has 1 saturated heterocycles. The van der Waals surface area contributed by atoms with E-state index in [4.69, 9.17) is 0 Å². The highest BCUT2D eigenvalue weighted by Gasteiger charge is 2.29. The monoisotopic (exact) mass is 318 g/mol. The number of rotatable bonds is 7. The third kappa shape index (κ3) is 5.33. The summed E-state index contributed by atoms with van der Waals surface area (Å²) in [6.07, 6.45) is 4.27. The number of hydrogen-bond donors (Lipinski definition) is 2. The number of nitrogens with one attached hydrogen (secondary N) is 1. The normalized spacial score (nSPS) is 21.6. The van der Waals surface area contributed by atoms with E-state index in [0.29, 0.717) is 6.42 Å². The first-order valence-electron chi connectivity index (χ1n) is 8.88. The fraction of sp³-hybridized carbons (Fsp3) is 0.632. The summed E-state index contributed by atoms with van der Waals surface area (Å²) in [6, 6.07) is 9.63. The molecular weight excluding hydrogens is 288 g/mol. The van der Waals surface area contributed by atoms with Crippen LogP contribution in [0.1, 0.15) is 45.1 Å². The summed E-state index contributed by atoms with van der Waals surface area (Å²) in [7, 11) is 0. The number of benzene rings is 1. The summed E-state index contributed by atoms with van der Waals surface area (Å²) >= 11 is 0. The SMILES string of the molecule is CCCN1CCCCC1C(=O)NC(C)C(O)Cc1ccccc1.